The molecule has 5 atom stereocenters. The molecule has 0 aromatic heterocycles. The lowest BCUT2D eigenvalue weighted by atomic mass is 9.60. The molecule has 0 aromatic carbocycles. The average Bonchev–Trinajstić information content (AvgIpc) is 2.53. The third-order valence-electron chi connectivity index (χ3n) is 5.23. The second-order valence-electron chi connectivity index (χ2n) is 6.46. The van der Waals surface area contributed by atoms with Crippen LogP contribution in [-0.2, 0) is 4.79 Å². The average molecular weight is 252 g/mol. The van der Waals surface area contributed by atoms with Crippen molar-refractivity contribution in [3.8, 4) is 0 Å². The fraction of sp³-hybridized carbons (Fsp3) is 0.800. The zero-order chi connectivity index (χ0) is 13.7. The third kappa shape index (κ3) is 1.76. The van der Waals surface area contributed by atoms with Gasteiger partial charge in [0.2, 0.25) is 0 Å². The minimum absolute atomic E-state index is 0.0728. The van der Waals surface area contributed by atoms with Crippen LogP contribution < -0.4 is 0 Å². The van der Waals surface area contributed by atoms with E-state index < -0.39 is 17.6 Å². The van der Waals surface area contributed by atoms with E-state index in [1.165, 1.54) is 0 Å². The maximum absolute atomic E-state index is 12.5. The predicted molar refractivity (Wildman–Crippen MR) is 69.9 cm³/mol. The predicted octanol–water partition coefficient (Wildman–Crippen LogP) is 1.93. The number of aliphatic hydroxyl groups excluding tert-OH is 2. The summed E-state index contributed by atoms with van der Waals surface area (Å²) in [7, 11) is 0. The van der Waals surface area contributed by atoms with Crippen molar-refractivity contribution in [3.63, 3.8) is 0 Å². The Morgan fingerprint density at radius 1 is 1.39 bits per heavy atom. The van der Waals surface area contributed by atoms with Gasteiger partial charge in [-0.3, -0.25) is 4.79 Å². The molecule has 0 unspecified atom stereocenters. The highest BCUT2D eigenvalue weighted by Crippen LogP contribution is 2.56. The highest BCUT2D eigenvalue weighted by molar-refractivity contribution is 5.97. The first-order valence-electron chi connectivity index (χ1n) is 6.89. The molecule has 0 saturated heterocycles. The second-order valence-corrected chi connectivity index (χ2v) is 6.46. The monoisotopic (exact) mass is 252 g/mol. The molecule has 3 heteroatoms. The fourth-order valence-electron chi connectivity index (χ4n) is 3.99. The number of hydrogen-bond donors (Lipinski definition) is 2. The van der Waals surface area contributed by atoms with Crippen molar-refractivity contribution in [2.24, 2.45) is 23.2 Å². The maximum atomic E-state index is 12.5. The Morgan fingerprint density at radius 3 is 2.56 bits per heavy atom. The van der Waals surface area contributed by atoms with Gasteiger partial charge in [0.25, 0.3) is 0 Å². The molecule has 0 radical (unpaired) electrons. The van der Waals surface area contributed by atoms with Crippen LogP contribution in [0.25, 0.3) is 0 Å². The van der Waals surface area contributed by atoms with Crippen LogP contribution in [0.2, 0.25) is 0 Å². The van der Waals surface area contributed by atoms with Crippen LogP contribution in [-0.4, -0.2) is 28.2 Å². The van der Waals surface area contributed by atoms with Gasteiger partial charge in [0.05, 0.1) is 12.2 Å². The molecule has 1 saturated carbocycles. The summed E-state index contributed by atoms with van der Waals surface area (Å²) < 4.78 is 0. The molecule has 3 nitrogen and oxygen atoms in total. The lowest BCUT2D eigenvalue weighted by molar-refractivity contribution is -0.134. The first kappa shape index (κ1) is 13.8. The van der Waals surface area contributed by atoms with Crippen molar-refractivity contribution >= 4 is 5.78 Å². The van der Waals surface area contributed by atoms with Crippen molar-refractivity contribution in [1.29, 1.82) is 0 Å². The number of hydrogen-bond acceptors (Lipinski definition) is 3. The van der Waals surface area contributed by atoms with E-state index in [9.17, 15) is 15.0 Å². The van der Waals surface area contributed by atoms with E-state index in [2.05, 4.69) is 13.8 Å². The van der Waals surface area contributed by atoms with E-state index in [1.54, 1.807) is 13.0 Å². The van der Waals surface area contributed by atoms with Crippen molar-refractivity contribution < 1.29 is 15.0 Å². The van der Waals surface area contributed by atoms with Gasteiger partial charge < -0.3 is 10.2 Å². The lowest BCUT2D eigenvalue weighted by Crippen LogP contribution is -2.47. The Morgan fingerprint density at radius 2 is 2.00 bits per heavy atom. The first-order valence-corrected chi connectivity index (χ1v) is 6.89. The number of rotatable bonds is 1. The second kappa shape index (κ2) is 4.46. The molecule has 1 fully saturated rings. The molecule has 1 spiro atoms. The van der Waals surface area contributed by atoms with E-state index in [-0.39, 0.29) is 17.6 Å². The van der Waals surface area contributed by atoms with Crippen LogP contribution in [0.5, 0.6) is 0 Å². The molecule has 0 aliphatic heterocycles. The molecule has 18 heavy (non-hydrogen) atoms. The molecule has 0 amide bonds. The van der Waals surface area contributed by atoms with Gasteiger partial charge in [-0.15, -0.1) is 0 Å². The van der Waals surface area contributed by atoms with Crippen LogP contribution in [0.1, 0.15) is 40.5 Å². The minimum atomic E-state index is -0.563. The molecular formula is C15H24O3. The summed E-state index contributed by atoms with van der Waals surface area (Å²) in [6.45, 7) is 7.95. The third-order valence-corrected chi connectivity index (χ3v) is 5.23. The Bertz CT molecular complexity index is 385. The Kier molecular flexibility index (Phi) is 3.41. The van der Waals surface area contributed by atoms with E-state index in [0.717, 1.165) is 5.57 Å². The summed E-state index contributed by atoms with van der Waals surface area (Å²) in [5.41, 5.74) is 0.189. The van der Waals surface area contributed by atoms with Crippen LogP contribution >= 0.6 is 0 Å². The number of aliphatic hydroxyl groups is 2. The number of allylic oxidation sites excluding steroid dienone is 1. The molecule has 0 aromatic rings. The number of carbonyl (C=O) groups is 1. The number of ketones is 1. The van der Waals surface area contributed by atoms with E-state index >= 15 is 0 Å². The normalized spacial score (nSPS) is 44.8. The quantitative estimate of drug-likeness (QED) is 0.749. The molecule has 102 valence electrons. The van der Waals surface area contributed by atoms with Gasteiger partial charge >= 0.3 is 0 Å². The standard InChI is InChI=1S/C15H24O3/c1-8(2)11-6-12(16)10(4)15(11)7-13(17)9(3)5-14(15)18/h5,8,10-13,16-17H,6-7H2,1-4H3/t10-,11-,12+,13-,15-/m1/s1. The molecular weight excluding hydrogens is 228 g/mol. The number of carbonyl (C=O) groups excluding carboxylic acids is 1. The molecule has 2 aliphatic rings. The SMILES string of the molecule is CC1=CC(=O)[C@@]2(C[C@H]1O)[C@@H](C(C)C)C[C@H](O)[C@H]2C. The van der Waals surface area contributed by atoms with Gasteiger partial charge in [-0.1, -0.05) is 20.8 Å². The maximum Gasteiger partial charge on any atom is 0.162 e. The van der Waals surface area contributed by atoms with Crippen LogP contribution in [0.4, 0.5) is 0 Å². The zero-order valence-corrected chi connectivity index (χ0v) is 11.7. The fourth-order valence-corrected chi connectivity index (χ4v) is 3.99. The van der Waals surface area contributed by atoms with E-state index in [4.69, 9.17) is 0 Å². The van der Waals surface area contributed by atoms with E-state index in [0.29, 0.717) is 18.8 Å². The largest absolute Gasteiger partial charge is 0.393 e. The van der Waals surface area contributed by atoms with Gasteiger partial charge in [0.15, 0.2) is 5.78 Å². The summed E-state index contributed by atoms with van der Waals surface area (Å²) in [5, 5.41) is 20.3. The summed E-state index contributed by atoms with van der Waals surface area (Å²) in [6, 6.07) is 0. The minimum Gasteiger partial charge on any atom is -0.393 e. The summed E-state index contributed by atoms with van der Waals surface area (Å²) in [6.07, 6.45) is 1.76. The van der Waals surface area contributed by atoms with Gasteiger partial charge in [-0.25, -0.2) is 0 Å². The van der Waals surface area contributed by atoms with Gasteiger partial charge in [-0.2, -0.15) is 0 Å². The van der Waals surface area contributed by atoms with Crippen LogP contribution in [0, 0.1) is 23.2 Å². The smallest absolute Gasteiger partial charge is 0.162 e. The molecule has 0 bridgehead atoms. The molecule has 2 rings (SSSR count). The van der Waals surface area contributed by atoms with Crippen molar-refractivity contribution in [2.45, 2.75) is 52.7 Å². The topological polar surface area (TPSA) is 57.5 Å². The Labute approximate surface area is 109 Å². The molecule has 2 aliphatic carbocycles. The van der Waals surface area contributed by atoms with Crippen LogP contribution in [0.15, 0.2) is 11.6 Å². The summed E-state index contributed by atoms with van der Waals surface area (Å²) in [5.74, 6) is 0.533. The first-order chi connectivity index (χ1) is 8.30. The van der Waals surface area contributed by atoms with Crippen molar-refractivity contribution in [3.05, 3.63) is 11.6 Å². The van der Waals surface area contributed by atoms with Crippen molar-refractivity contribution in [1.82, 2.24) is 0 Å². The Balaban J connectivity index is 2.47. The van der Waals surface area contributed by atoms with Crippen molar-refractivity contribution in [2.75, 3.05) is 0 Å². The van der Waals surface area contributed by atoms with Crippen LogP contribution in [0.3, 0.4) is 0 Å². The zero-order valence-electron chi connectivity index (χ0n) is 11.7. The Hall–Kier alpha value is -0.670. The highest BCUT2D eigenvalue weighted by atomic mass is 16.3. The lowest BCUT2D eigenvalue weighted by Gasteiger charge is -2.43. The summed E-state index contributed by atoms with van der Waals surface area (Å²) >= 11 is 0. The van der Waals surface area contributed by atoms with Gasteiger partial charge in [0.1, 0.15) is 0 Å². The van der Waals surface area contributed by atoms with Gasteiger partial charge in [0, 0.05) is 5.41 Å². The van der Waals surface area contributed by atoms with E-state index in [1.807, 2.05) is 6.92 Å². The van der Waals surface area contributed by atoms with Gasteiger partial charge in [-0.05, 0) is 49.2 Å². The molecule has 2 N–H and O–H groups in total. The molecule has 0 heterocycles. The summed E-state index contributed by atoms with van der Waals surface area (Å²) in [4.78, 5) is 12.5. The highest BCUT2D eigenvalue weighted by Gasteiger charge is 2.58.